The molecule has 36 heavy (non-hydrogen) atoms. The van der Waals surface area contributed by atoms with Crippen molar-refractivity contribution in [2.45, 2.75) is 46.8 Å². The maximum absolute atomic E-state index is 14.1. The summed E-state index contributed by atoms with van der Waals surface area (Å²) in [7, 11) is 0. The largest absolute Gasteiger partial charge is 0.485 e. The number of pyridine rings is 3. The Labute approximate surface area is 212 Å². The van der Waals surface area contributed by atoms with E-state index in [9.17, 15) is 14.3 Å². The average Bonchev–Trinajstić information content (AvgIpc) is 2.82. The quantitative estimate of drug-likeness (QED) is 0.405. The lowest BCUT2D eigenvalue weighted by Crippen LogP contribution is -2.24. The molecule has 1 N–H and O–H groups in total. The molecule has 0 atom stereocenters. The summed E-state index contributed by atoms with van der Waals surface area (Å²) in [5.41, 5.74) is 1.28. The van der Waals surface area contributed by atoms with Crippen molar-refractivity contribution in [2.24, 2.45) is 0 Å². The molecule has 10 heteroatoms. The predicted molar refractivity (Wildman–Crippen MR) is 134 cm³/mol. The van der Waals surface area contributed by atoms with E-state index in [0.29, 0.717) is 28.5 Å². The molecule has 4 heterocycles. The Balaban J connectivity index is 1.72. The van der Waals surface area contributed by atoms with Crippen LogP contribution in [0.5, 0.6) is 5.75 Å². The zero-order valence-corrected chi connectivity index (χ0v) is 21.3. The van der Waals surface area contributed by atoms with Gasteiger partial charge in [-0.3, -0.25) is 14.3 Å². The van der Waals surface area contributed by atoms with E-state index in [1.54, 1.807) is 52.1 Å². The first-order valence-corrected chi connectivity index (χ1v) is 11.5. The van der Waals surface area contributed by atoms with Crippen molar-refractivity contribution in [3.05, 3.63) is 92.3 Å². The van der Waals surface area contributed by atoms with Crippen molar-refractivity contribution < 1.29 is 14.2 Å². The Morgan fingerprint density at radius 1 is 1.08 bits per heavy atom. The summed E-state index contributed by atoms with van der Waals surface area (Å²) >= 11 is 6.38. The molecule has 8 nitrogen and oxygen atoms in total. The van der Waals surface area contributed by atoms with Crippen LogP contribution in [0.3, 0.4) is 0 Å². The molecule has 0 radical (unpaired) electrons. The number of hydrogen-bond donors (Lipinski definition) is 1. The summed E-state index contributed by atoms with van der Waals surface area (Å²) in [5.74, 6) is 0.251. The molecular weight excluding hydrogens is 485 g/mol. The number of aromatic nitrogens is 5. The number of ether oxygens (including phenoxy) is 1. The van der Waals surface area contributed by atoms with E-state index in [1.807, 2.05) is 13.0 Å². The van der Waals surface area contributed by atoms with Gasteiger partial charge in [-0.2, -0.15) is 0 Å². The lowest BCUT2D eigenvalue weighted by molar-refractivity contribution is 0.0688. The molecule has 0 amide bonds. The molecule has 0 aliphatic rings. The Bertz CT molecular complexity index is 1510. The fourth-order valence-electron chi connectivity index (χ4n) is 3.55. The zero-order chi connectivity index (χ0) is 26.2. The molecule has 0 aromatic carbocycles. The molecule has 0 bridgehead atoms. The fourth-order valence-corrected chi connectivity index (χ4v) is 3.74. The van der Waals surface area contributed by atoms with Crippen LogP contribution in [-0.2, 0) is 12.2 Å². The first-order valence-electron chi connectivity index (χ1n) is 11.2. The van der Waals surface area contributed by atoms with Crippen LogP contribution in [0.1, 0.15) is 42.2 Å². The highest BCUT2D eigenvalue weighted by atomic mass is 35.5. The molecule has 0 spiro atoms. The highest BCUT2D eigenvalue weighted by Crippen LogP contribution is 2.27. The molecule has 4 aromatic heterocycles. The summed E-state index contributed by atoms with van der Waals surface area (Å²) in [6.07, 6.45) is 3.08. The summed E-state index contributed by atoms with van der Waals surface area (Å²) in [6, 6.07) is 8.23. The molecule has 4 rings (SSSR count). The predicted octanol–water partition coefficient (Wildman–Crippen LogP) is 4.61. The van der Waals surface area contributed by atoms with E-state index in [0.717, 1.165) is 5.56 Å². The molecule has 4 aromatic rings. The maximum Gasteiger partial charge on any atom is 0.279 e. The van der Waals surface area contributed by atoms with Crippen LogP contribution >= 0.6 is 11.6 Å². The van der Waals surface area contributed by atoms with Gasteiger partial charge in [0.2, 0.25) is 0 Å². The van der Waals surface area contributed by atoms with E-state index in [-0.39, 0.29) is 28.9 Å². The first kappa shape index (κ1) is 25.4. The van der Waals surface area contributed by atoms with E-state index < -0.39 is 17.0 Å². The SMILES string of the molecule is Cc1cnc(COc2cc(C)n(-c3nc(-c4ccnc(C(C)(C)O)n4)ccc3C)c(=O)c2Cl)c(F)c1. The third-order valence-electron chi connectivity index (χ3n) is 5.47. The molecule has 0 unspecified atom stereocenters. The van der Waals surface area contributed by atoms with Crippen molar-refractivity contribution in [1.29, 1.82) is 0 Å². The second-order valence-electron chi connectivity index (χ2n) is 9.00. The number of hydrogen-bond acceptors (Lipinski definition) is 7. The van der Waals surface area contributed by atoms with Crippen LogP contribution < -0.4 is 10.3 Å². The molecule has 0 fully saturated rings. The van der Waals surface area contributed by atoms with Gasteiger partial charge in [-0.1, -0.05) is 17.7 Å². The normalized spacial score (nSPS) is 11.6. The highest BCUT2D eigenvalue weighted by Gasteiger charge is 2.21. The third kappa shape index (κ3) is 5.12. The minimum absolute atomic E-state index is 0.110. The lowest BCUT2D eigenvalue weighted by Gasteiger charge is -2.17. The van der Waals surface area contributed by atoms with Crippen molar-refractivity contribution in [3.8, 4) is 23.0 Å². The maximum atomic E-state index is 14.1. The van der Waals surface area contributed by atoms with Gasteiger partial charge in [-0.25, -0.2) is 19.3 Å². The lowest BCUT2D eigenvalue weighted by atomic mass is 10.1. The number of aliphatic hydroxyl groups is 1. The van der Waals surface area contributed by atoms with Crippen LogP contribution in [-0.4, -0.2) is 29.6 Å². The number of aryl methyl sites for hydroxylation is 3. The van der Waals surface area contributed by atoms with Gasteiger partial charge in [0.1, 0.15) is 40.3 Å². The third-order valence-corrected chi connectivity index (χ3v) is 5.81. The molecule has 186 valence electrons. The van der Waals surface area contributed by atoms with Gasteiger partial charge < -0.3 is 9.84 Å². The van der Waals surface area contributed by atoms with Crippen molar-refractivity contribution in [3.63, 3.8) is 0 Å². The van der Waals surface area contributed by atoms with Crippen molar-refractivity contribution >= 4 is 11.6 Å². The van der Waals surface area contributed by atoms with Crippen LogP contribution in [0.15, 0.2) is 47.5 Å². The van der Waals surface area contributed by atoms with Gasteiger partial charge in [-0.15, -0.1) is 0 Å². The van der Waals surface area contributed by atoms with Crippen LogP contribution in [0.4, 0.5) is 4.39 Å². The Kier molecular flexibility index (Phi) is 6.88. The van der Waals surface area contributed by atoms with Gasteiger partial charge >= 0.3 is 0 Å². The Hall–Kier alpha value is -3.69. The summed E-state index contributed by atoms with van der Waals surface area (Å²) in [6.45, 7) is 8.29. The number of nitrogens with zero attached hydrogens (tertiary/aromatic N) is 5. The molecule has 0 aliphatic heterocycles. The van der Waals surface area contributed by atoms with Gasteiger partial charge in [0.05, 0.1) is 11.4 Å². The monoisotopic (exact) mass is 509 g/mol. The van der Waals surface area contributed by atoms with Gasteiger partial charge in [0.15, 0.2) is 5.82 Å². The first-order chi connectivity index (χ1) is 17.0. The summed E-state index contributed by atoms with van der Waals surface area (Å²) in [4.78, 5) is 30.6. The van der Waals surface area contributed by atoms with Crippen molar-refractivity contribution in [2.75, 3.05) is 0 Å². The van der Waals surface area contributed by atoms with E-state index in [1.165, 1.54) is 16.8 Å². The van der Waals surface area contributed by atoms with Crippen LogP contribution in [0, 0.1) is 26.6 Å². The van der Waals surface area contributed by atoms with E-state index >= 15 is 0 Å². The minimum atomic E-state index is -1.22. The molecule has 0 saturated carbocycles. The fraction of sp³-hybridized carbons (Fsp3) is 0.269. The number of halogens is 2. The minimum Gasteiger partial charge on any atom is -0.485 e. The summed E-state index contributed by atoms with van der Waals surface area (Å²) in [5, 5.41) is 10.1. The molecule has 0 aliphatic carbocycles. The van der Waals surface area contributed by atoms with Gasteiger partial charge in [0.25, 0.3) is 5.56 Å². The Morgan fingerprint density at radius 2 is 1.81 bits per heavy atom. The molecule has 0 saturated heterocycles. The zero-order valence-electron chi connectivity index (χ0n) is 20.5. The van der Waals surface area contributed by atoms with Crippen LogP contribution in [0.25, 0.3) is 17.2 Å². The Morgan fingerprint density at radius 3 is 2.50 bits per heavy atom. The summed E-state index contributed by atoms with van der Waals surface area (Å²) < 4.78 is 21.2. The molecular formula is C26H25ClFN5O3. The van der Waals surface area contributed by atoms with Gasteiger partial charge in [0, 0.05) is 24.2 Å². The van der Waals surface area contributed by atoms with E-state index in [4.69, 9.17) is 16.3 Å². The van der Waals surface area contributed by atoms with Gasteiger partial charge in [-0.05, 0) is 63.9 Å². The topological polar surface area (TPSA) is 103 Å². The van der Waals surface area contributed by atoms with Crippen LogP contribution in [0.2, 0.25) is 5.02 Å². The second kappa shape index (κ2) is 9.75. The standard InChI is InChI=1S/C26H25ClFN5O3/c1-14-10-17(28)20(30-12-14)13-36-21-11-16(3)33(24(34)22(21)27)23-15(2)6-7-18(31-23)19-8-9-29-25(32-19)26(4,5)35/h6-12,35H,13H2,1-5H3. The highest BCUT2D eigenvalue weighted by molar-refractivity contribution is 6.31. The number of rotatable bonds is 6. The average molecular weight is 510 g/mol. The smallest absolute Gasteiger partial charge is 0.279 e. The second-order valence-corrected chi connectivity index (χ2v) is 9.37. The van der Waals surface area contributed by atoms with Crippen molar-refractivity contribution in [1.82, 2.24) is 24.5 Å². The van der Waals surface area contributed by atoms with E-state index in [2.05, 4.69) is 19.9 Å².